The van der Waals surface area contributed by atoms with Gasteiger partial charge >= 0.3 is 18.2 Å². The topological polar surface area (TPSA) is 55.8 Å². The Morgan fingerprint density at radius 3 is 1.89 bits per heavy atom. The van der Waals surface area contributed by atoms with Gasteiger partial charge in [-0.2, -0.15) is 0 Å². The number of alkyl halides is 3. The van der Waals surface area contributed by atoms with Crippen LogP contribution >= 0.6 is 0 Å². The van der Waals surface area contributed by atoms with Crippen LogP contribution in [0, 0.1) is 0 Å². The second-order valence-corrected chi connectivity index (χ2v) is 8.91. The van der Waals surface area contributed by atoms with E-state index in [1.165, 1.54) is 23.8 Å². The Morgan fingerprint density at radius 2 is 1.37 bits per heavy atom. The Labute approximate surface area is 202 Å². The minimum atomic E-state index is -4.91. The van der Waals surface area contributed by atoms with Gasteiger partial charge in [-0.25, -0.2) is 4.79 Å². The third kappa shape index (κ3) is 6.62. The molecule has 3 aromatic carbocycles. The third-order valence-electron chi connectivity index (χ3n) is 5.40. The molecule has 0 aromatic heterocycles. The number of methoxy groups -OCH3 is 1. The standard InChI is InChI=1S/C27H26F3NO4/c1-26(2,3)21-13-9-18(10-14-21)19-11-15-22(16-12-19)31(24(32)25(33)34-4)17-20-7-5-6-8-23(20)35-27(28,29)30/h5-16H,17H2,1-4H3. The second kappa shape index (κ2) is 10.2. The molecule has 0 saturated carbocycles. The zero-order chi connectivity index (χ0) is 25.8. The van der Waals surface area contributed by atoms with Gasteiger partial charge in [0.25, 0.3) is 0 Å². The number of ether oxygens (including phenoxy) is 2. The van der Waals surface area contributed by atoms with Gasteiger partial charge in [0.2, 0.25) is 0 Å². The summed E-state index contributed by atoms with van der Waals surface area (Å²) in [6, 6.07) is 20.3. The van der Waals surface area contributed by atoms with E-state index in [0.29, 0.717) is 5.69 Å². The second-order valence-electron chi connectivity index (χ2n) is 8.91. The van der Waals surface area contributed by atoms with Crippen molar-refractivity contribution in [2.24, 2.45) is 0 Å². The number of anilines is 1. The molecule has 0 radical (unpaired) electrons. The van der Waals surface area contributed by atoms with E-state index < -0.39 is 24.0 Å². The van der Waals surface area contributed by atoms with Crippen LogP contribution in [0.15, 0.2) is 72.8 Å². The fraction of sp³-hybridized carbons (Fsp3) is 0.259. The molecule has 35 heavy (non-hydrogen) atoms. The van der Waals surface area contributed by atoms with Crippen LogP contribution in [0.5, 0.6) is 5.75 Å². The van der Waals surface area contributed by atoms with Crippen LogP contribution < -0.4 is 9.64 Å². The summed E-state index contributed by atoms with van der Waals surface area (Å²) in [5, 5.41) is 0. The van der Waals surface area contributed by atoms with Crippen molar-refractivity contribution in [3.05, 3.63) is 83.9 Å². The van der Waals surface area contributed by atoms with Crippen LogP contribution in [0.4, 0.5) is 18.9 Å². The maximum absolute atomic E-state index is 12.8. The van der Waals surface area contributed by atoms with Crippen LogP contribution in [-0.2, 0) is 26.3 Å². The van der Waals surface area contributed by atoms with E-state index in [9.17, 15) is 22.8 Å². The molecule has 3 aromatic rings. The smallest absolute Gasteiger partial charge is 0.462 e. The predicted molar refractivity (Wildman–Crippen MR) is 127 cm³/mol. The lowest BCUT2D eigenvalue weighted by Crippen LogP contribution is -2.37. The third-order valence-corrected chi connectivity index (χ3v) is 5.40. The minimum Gasteiger partial charge on any atom is -0.462 e. The zero-order valence-corrected chi connectivity index (χ0v) is 19.8. The lowest BCUT2D eigenvalue weighted by atomic mass is 9.86. The van der Waals surface area contributed by atoms with Crippen molar-refractivity contribution < 1.29 is 32.2 Å². The largest absolute Gasteiger partial charge is 0.573 e. The van der Waals surface area contributed by atoms with E-state index in [1.54, 1.807) is 24.3 Å². The molecule has 0 spiro atoms. The Kier molecular flexibility index (Phi) is 7.53. The summed E-state index contributed by atoms with van der Waals surface area (Å²) in [5.74, 6) is -2.61. The number of rotatable bonds is 5. The predicted octanol–water partition coefficient (Wildman–Crippen LogP) is 6.26. The van der Waals surface area contributed by atoms with Crippen molar-refractivity contribution >= 4 is 17.6 Å². The molecule has 0 saturated heterocycles. The van der Waals surface area contributed by atoms with Gasteiger partial charge in [-0.15, -0.1) is 13.2 Å². The van der Waals surface area contributed by atoms with Crippen LogP contribution in [0.2, 0.25) is 0 Å². The molecule has 0 N–H and O–H groups in total. The van der Waals surface area contributed by atoms with Gasteiger partial charge in [-0.05, 0) is 40.3 Å². The summed E-state index contributed by atoms with van der Waals surface area (Å²) in [7, 11) is 1.06. The Hall–Kier alpha value is -3.81. The Bertz CT molecular complexity index is 1180. The molecule has 184 valence electrons. The number of esters is 1. The molecule has 0 atom stereocenters. The first kappa shape index (κ1) is 25.8. The van der Waals surface area contributed by atoms with E-state index in [4.69, 9.17) is 0 Å². The Balaban J connectivity index is 1.93. The normalized spacial score (nSPS) is 11.6. The molecule has 1 amide bonds. The maximum atomic E-state index is 12.8. The number of amides is 1. The fourth-order valence-electron chi connectivity index (χ4n) is 3.50. The molecule has 0 heterocycles. The first-order valence-corrected chi connectivity index (χ1v) is 10.8. The molecule has 0 fully saturated rings. The SMILES string of the molecule is COC(=O)C(=O)N(Cc1ccccc1OC(F)(F)F)c1ccc(-c2ccc(C(C)(C)C)cc2)cc1. The molecular weight excluding hydrogens is 459 g/mol. The number of benzene rings is 3. The highest BCUT2D eigenvalue weighted by atomic mass is 19.4. The van der Waals surface area contributed by atoms with Gasteiger partial charge < -0.3 is 9.47 Å². The molecule has 0 aliphatic carbocycles. The van der Waals surface area contributed by atoms with Gasteiger partial charge in [0.1, 0.15) is 5.75 Å². The number of carbonyl (C=O) groups excluding carboxylic acids is 2. The van der Waals surface area contributed by atoms with Crippen molar-refractivity contribution in [3.8, 4) is 16.9 Å². The van der Waals surface area contributed by atoms with Crippen molar-refractivity contribution in [2.45, 2.75) is 39.1 Å². The molecular formula is C27H26F3NO4. The first-order chi connectivity index (χ1) is 16.4. The fourth-order valence-corrected chi connectivity index (χ4v) is 3.50. The van der Waals surface area contributed by atoms with Crippen molar-refractivity contribution in [2.75, 3.05) is 12.0 Å². The average Bonchev–Trinajstić information content (AvgIpc) is 2.81. The van der Waals surface area contributed by atoms with Gasteiger partial charge in [0.05, 0.1) is 13.7 Å². The van der Waals surface area contributed by atoms with E-state index >= 15 is 0 Å². The highest BCUT2D eigenvalue weighted by Crippen LogP contribution is 2.31. The molecule has 0 aliphatic rings. The molecule has 0 unspecified atom stereocenters. The maximum Gasteiger partial charge on any atom is 0.573 e. The van der Waals surface area contributed by atoms with Crippen LogP contribution in [-0.4, -0.2) is 25.3 Å². The van der Waals surface area contributed by atoms with Crippen LogP contribution in [0.3, 0.4) is 0 Å². The number of para-hydroxylation sites is 1. The highest BCUT2D eigenvalue weighted by Gasteiger charge is 2.33. The number of hydrogen-bond donors (Lipinski definition) is 0. The lowest BCUT2D eigenvalue weighted by Gasteiger charge is -2.23. The summed E-state index contributed by atoms with van der Waals surface area (Å²) in [5.41, 5.74) is 3.43. The average molecular weight is 486 g/mol. The van der Waals surface area contributed by atoms with Crippen molar-refractivity contribution in [3.63, 3.8) is 0 Å². The minimum absolute atomic E-state index is 0.0171. The van der Waals surface area contributed by atoms with E-state index in [0.717, 1.165) is 29.2 Å². The summed E-state index contributed by atoms with van der Waals surface area (Å²) in [6.07, 6.45) is -4.91. The summed E-state index contributed by atoms with van der Waals surface area (Å²) in [6.45, 7) is 6.05. The molecule has 0 aliphatic heterocycles. The monoisotopic (exact) mass is 485 g/mol. The molecule has 3 rings (SSSR count). The van der Waals surface area contributed by atoms with E-state index in [-0.39, 0.29) is 17.5 Å². The number of nitrogens with zero attached hydrogens (tertiary/aromatic N) is 1. The van der Waals surface area contributed by atoms with Gasteiger partial charge in [-0.3, -0.25) is 9.69 Å². The summed E-state index contributed by atoms with van der Waals surface area (Å²) < 4.78 is 47.2. The van der Waals surface area contributed by atoms with Crippen molar-refractivity contribution in [1.82, 2.24) is 0 Å². The summed E-state index contributed by atoms with van der Waals surface area (Å²) >= 11 is 0. The first-order valence-electron chi connectivity index (χ1n) is 10.8. The van der Waals surface area contributed by atoms with Gasteiger partial charge in [0, 0.05) is 11.3 Å². The van der Waals surface area contributed by atoms with E-state index in [1.807, 2.05) is 24.3 Å². The van der Waals surface area contributed by atoms with Crippen LogP contribution in [0.25, 0.3) is 11.1 Å². The quantitative estimate of drug-likeness (QED) is 0.316. The molecule has 5 nitrogen and oxygen atoms in total. The van der Waals surface area contributed by atoms with Gasteiger partial charge in [0.15, 0.2) is 0 Å². The number of hydrogen-bond acceptors (Lipinski definition) is 4. The number of carbonyl (C=O) groups is 2. The van der Waals surface area contributed by atoms with Crippen LogP contribution in [0.1, 0.15) is 31.9 Å². The highest BCUT2D eigenvalue weighted by molar-refractivity contribution is 6.38. The van der Waals surface area contributed by atoms with E-state index in [2.05, 4.69) is 30.2 Å². The number of halogens is 3. The summed E-state index contributed by atoms with van der Waals surface area (Å²) in [4.78, 5) is 25.8. The lowest BCUT2D eigenvalue weighted by molar-refractivity contribution is -0.274. The van der Waals surface area contributed by atoms with Crippen molar-refractivity contribution in [1.29, 1.82) is 0 Å². The zero-order valence-electron chi connectivity index (χ0n) is 19.8. The molecule has 0 bridgehead atoms. The Morgan fingerprint density at radius 1 is 0.829 bits per heavy atom. The molecule has 8 heteroatoms. The van der Waals surface area contributed by atoms with Gasteiger partial charge in [-0.1, -0.05) is 75.4 Å².